The fourth-order valence-corrected chi connectivity index (χ4v) is 5.20. The van der Waals surface area contributed by atoms with Gasteiger partial charge in [0.2, 0.25) is 0 Å². The van der Waals surface area contributed by atoms with E-state index in [9.17, 15) is 0 Å². The van der Waals surface area contributed by atoms with Crippen LogP contribution in [0.15, 0.2) is 30.3 Å². The van der Waals surface area contributed by atoms with Crippen LogP contribution in [0.3, 0.4) is 0 Å². The number of rotatable bonds is 4. The zero-order chi connectivity index (χ0) is 16.2. The van der Waals surface area contributed by atoms with Gasteiger partial charge in [-0.2, -0.15) is 0 Å². The summed E-state index contributed by atoms with van der Waals surface area (Å²) in [7, 11) is -0.246. The molecule has 5 rings (SSSR count). The molecule has 5 atom stereocenters. The molecule has 3 nitrogen and oxygen atoms in total. The Kier molecular flexibility index (Phi) is 3.64. The molecule has 0 radical (unpaired) electrons. The molecule has 3 saturated carbocycles. The maximum Gasteiger partial charge on any atom is 0.475 e. The summed E-state index contributed by atoms with van der Waals surface area (Å²) in [6, 6.07) is 10.5. The molecule has 4 fully saturated rings. The van der Waals surface area contributed by atoms with Crippen LogP contribution in [0.25, 0.3) is 0 Å². The van der Waals surface area contributed by atoms with Crippen molar-refractivity contribution in [3.05, 3.63) is 35.9 Å². The average molecular weight is 313 g/mol. The van der Waals surface area contributed by atoms with Gasteiger partial charge in [0.1, 0.15) is 0 Å². The van der Waals surface area contributed by atoms with Gasteiger partial charge in [-0.3, -0.25) is 0 Å². The molecule has 1 aromatic rings. The molecule has 4 heteroatoms. The highest BCUT2D eigenvalue weighted by Gasteiger charge is 2.68. The lowest BCUT2D eigenvalue weighted by molar-refractivity contribution is -0.199. The van der Waals surface area contributed by atoms with Crippen LogP contribution in [0.1, 0.15) is 45.6 Å². The van der Waals surface area contributed by atoms with Crippen molar-refractivity contribution in [2.75, 3.05) is 0 Å². The monoisotopic (exact) mass is 313 g/mol. The summed E-state index contributed by atoms with van der Waals surface area (Å²) < 4.78 is 12.7. The van der Waals surface area contributed by atoms with Gasteiger partial charge >= 0.3 is 7.12 Å². The molecule has 4 aliphatic rings. The van der Waals surface area contributed by atoms with Crippen LogP contribution in [-0.2, 0) is 15.7 Å². The van der Waals surface area contributed by atoms with Crippen molar-refractivity contribution in [3.63, 3.8) is 0 Å². The largest absolute Gasteiger partial charge is 0.475 e. The van der Waals surface area contributed by atoms with Crippen LogP contribution in [-0.4, -0.2) is 24.8 Å². The Morgan fingerprint density at radius 2 is 1.96 bits per heavy atom. The fraction of sp³-hybridized carbons (Fsp3) is 0.684. The van der Waals surface area contributed by atoms with E-state index >= 15 is 0 Å². The molecule has 4 unspecified atom stereocenters. The minimum absolute atomic E-state index is 0.0575. The second kappa shape index (κ2) is 5.33. The topological polar surface area (TPSA) is 44.5 Å². The zero-order valence-electron chi connectivity index (χ0n) is 14.5. The molecular formula is C19H28BNO2. The lowest BCUT2D eigenvalue weighted by atomic mass is 9.43. The fourth-order valence-electron chi connectivity index (χ4n) is 5.20. The predicted octanol–water partition coefficient (Wildman–Crippen LogP) is 3.21. The molecule has 1 aliphatic heterocycles. The van der Waals surface area contributed by atoms with Crippen LogP contribution < -0.4 is 5.73 Å². The number of aryl methyl sites for hydroxylation is 1. The van der Waals surface area contributed by atoms with E-state index in [2.05, 4.69) is 45.0 Å². The Balaban J connectivity index is 1.40. The molecular weight excluding hydrogens is 285 g/mol. The van der Waals surface area contributed by atoms with Crippen molar-refractivity contribution in [2.24, 2.45) is 23.0 Å². The van der Waals surface area contributed by atoms with Crippen LogP contribution in [0.4, 0.5) is 0 Å². The van der Waals surface area contributed by atoms with Gasteiger partial charge in [-0.15, -0.1) is 0 Å². The molecule has 23 heavy (non-hydrogen) atoms. The van der Waals surface area contributed by atoms with E-state index in [0.29, 0.717) is 11.3 Å². The van der Waals surface area contributed by atoms with Crippen molar-refractivity contribution < 1.29 is 9.31 Å². The van der Waals surface area contributed by atoms with Gasteiger partial charge in [-0.25, -0.2) is 0 Å². The van der Waals surface area contributed by atoms with E-state index in [1.807, 2.05) is 6.07 Å². The summed E-state index contributed by atoms with van der Waals surface area (Å²) in [5, 5.41) is 0. The molecule has 2 N–H and O–H groups in total. The van der Waals surface area contributed by atoms with Gasteiger partial charge in [-0.05, 0) is 55.4 Å². The molecule has 1 heterocycles. The smallest absolute Gasteiger partial charge is 0.404 e. The molecule has 0 aromatic heterocycles. The Hall–Kier alpha value is -0.835. The van der Waals surface area contributed by atoms with Crippen molar-refractivity contribution in [3.8, 4) is 0 Å². The Labute approximate surface area is 140 Å². The van der Waals surface area contributed by atoms with E-state index in [-0.39, 0.29) is 24.8 Å². The first kappa shape index (κ1) is 15.7. The van der Waals surface area contributed by atoms with E-state index in [0.717, 1.165) is 25.2 Å². The summed E-state index contributed by atoms with van der Waals surface area (Å²) in [5.41, 5.74) is 7.98. The van der Waals surface area contributed by atoms with Gasteiger partial charge in [0.05, 0.1) is 11.7 Å². The highest BCUT2D eigenvalue weighted by Crippen LogP contribution is 2.65. The predicted molar refractivity (Wildman–Crippen MR) is 92.9 cm³/mol. The van der Waals surface area contributed by atoms with Gasteiger partial charge < -0.3 is 15.0 Å². The van der Waals surface area contributed by atoms with Gasteiger partial charge in [0.25, 0.3) is 0 Å². The third-order valence-corrected chi connectivity index (χ3v) is 6.93. The number of benzene rings is 1. The summed E-state index contributed by atoms with van der Waals surface area (Å²) >= 11 is 0. The third kappa shape index (κ3) is 2.38. The SMILES string of the molecule is CC1(C)C2CC3OB(C(N)CCc4ccccc4)O[C@@]3(C)C1C2. The summed E-state index contributed by atoms with van der Waals surface area (Å²) in [6.07, 6.45) is 4.52. The van der Waals surface area contributed by atoms with Crippen LogP contribution in [0.2, 0.25) is 0 Å². The van der Waals surface area contributed by atoms with E-state index in [1.54, 1.807) is 0 Å². The highest BCUT2D eigenvalue weighted by atomic mass is 16.7. The Morgan fingerprint density at radius 3 is 2.65 bits per heavy atom. The highest BCUT2D eigenvalue weighted by molar-refractivity contribution is 6.47. The van der Waals surface area contributed by atoms with Crippen molar-refractivity contribution in [1.29, 1.82) is 0 Å². The van der Waals surface area contributed by atoms with Gasteiger partial charge in [-0.1, -0.05) is 44.2 Å². The first-order valence-electron chi connectivity index (χ1n) is 9.04. The first-order valence-corrected chi connectivity index (χ1v) is 9.04. The summed E-state index contributed by atoms with van der Waals surface area (Å²) in [5.74, 6) is 1.33. The standard InChI is InChI=1S/C19H28BNO2/c1-18(2)14-11-15(18)19(3)16(12-14)22-20(23-19)17(21)10-9-13-7-5-4-6-8-13/h4-8,14-17H,9-12,21H2,1-3H3/t14?,15?,16?,17?,19-/m0/s1. The second-order valence-corrected chi connectivity index (χ2v) is 8.53. The normalized spacial score (nSPS) is 38.8. The third-order valence-electron chi connectivity index (χ3n) is 6.93. The second-order valence-electron chi connectivity index (χ2n) is 8.53. The quantitative estimate of drug-likeness (QED) is 0.868. The lowest BCUT2D eigenvalue weighted by Gasteiger charge is -2.64. The number of hydrogen-bond acceptors (Lipinski definition) is 3. The maximum absolute atomic E-state index is 6.44. The molecule has 0 amide bonds. The summed E-state index contributed by atoms with van der Waals surface area (Å²) in [6.45, 7) is 7.03. The van der Waals surface area contributed by atoms with Crippen LogP contribution in [0, 0.1) is 17.3 Å². The van der Waals surface area contributed by atoms with Crippen LogP contribution in [0.5, 0.6) is 0 Å². The van der Waals surface area contributed by atoms with Crippen molar-refractivity contribution in [2.45, 2.75) is 64.1 Å². The van der Waals surface area contributed by atoms with Crippen molar-refractivity contribution in [1.82, 2.24) is 0 Å². The van der Waals surface area contributed by atoms with Gasteiger partial charge in [0.15, 0.2) is 0 Å². The van der Waals surface area contributed by atoms with Crippen molar-refractivity contribution >= 4 is 7.12 Å². The zero-order valence-corrected chi connectivity index (χ0v) is 14.5. The van der Waals surface area contributed by atoms with Gasteiger partial charge in [0, 0.05) is 5.94 Å². The average Bonchev–Trinajstić information content (AvgIpc) is 2.90. The lowest BCUT2D eigenvalue weighted by Crippen LogP contribution is -2.65. The molecule has 3 aliphatic carbocycles. The minimum Gasteiger partial charge on any atom is -0.404 e. The first-order chi connectivity index (χ1) is 10.9. The van der Waals surface area contributed by atoms with E-state index < -0.39 is 0 Å². The van der Waals surface area contributed by atoms with E-state index in [1.165, 1.54) is 12.0 Å². The molecule has 1 saturated heterocycles. The molecule has 0 spiro atoms. The van der Waals surface area contributed by atoms with Crippen LogP contribution >= 0.6 is 0 Å². The maximum atomic E-state index is 6.44. The number of hydrogen-bond donors (Lipinski definition) is 1. The molecule has 124 valence electrons. The van der Waals surface area contributed by atoms with E-state index in [4.69, 9.17) is 15.0 Å². The molecule has 2 bridgehead atoms. The number of nitrogens with two attached hydrogens (primary N) is 1. The Morgan fingerprint density at radius 1 is 1.22 bits per heavy atom. The Bertz CT molecular complexity index is 578. The summed E-state index contributed by atoms with van der Waals surface area (Å²) in [4.78, 5) is 0. The minimum atomic E-state index is -0.246. The molecule has 1 aromatic carbocycles.